The summed E-state index contributed by atoms with van der Waals surface area (Å²) >= 11 is 7.26. The smallest absolute Gasteiger partial charge is 0.129 e. The van der Waals surface area contributed by atoms with Crippen LogP contribution >= 0.6 is 31.9 Å². The van der Waals surface area contributed by atoms with E-state index in [0.717, 1.165) is 6.42 Å². The molecule has 70 valence electrons. The van der Waals surface area contributed by atoms with E-state index in [-0.39, 0.29) is 14.4 Å². The minimum absolute atomic E-state index is 0.0719. The number of hydrogen-bond donors (Lipinski definition) is 0. The minimum atomic E-state index is 0.0719. The SMILES string of the molecule is CC(=O)CCC1C(C)(C)C1(Br)Br. The number of rotatable bonds is 3. The highest BCUT2D eigenvalue weighted by Gasteiger charge is 2.67. The average Bonchev–Trinajstić information content (AvgIpc) is 2.21. The monoisotopic (exact) mass is 296 g/mol. The van der Waals surface area contributed by atoms with Crippen LogP contribution in [-0.4, -0.2) is 9.02 Å². The molecule has 0 radical (unpaired) electrons. The molecule has 1 atom stereocenters. The number of hydrogen-bond acceptors (Lipinski definition) is 1. The van der Waals surface area contributed by atoms with E-state index in [9.17, 15) is 4.79 Å². The summed E-state index contributed by atoms with van der Waals surface area (Å²) in [5.41, 5.74) is 0.280. The summed E-state index contributed by atoms with van der Waals surface area (Å²) in [6, 6.07) is 0. The molecule has 0 saturated heterocycles. The van der Waals surface area contributed by atoms with Gasteiger partial charge in [-0.3, -0.25) is 0 Å². The standard InChI is InChI=1S/C9H14Br2O/c1-6(12)4-5-7-8(2,3)9(7,10)11/h7H,4-5H2,1-3H3. The largest absolute Gasteiger partial charge is 0.300 e. The Morgan fingerprint density at radius 2 is 1.83 bits per heavy atom. The third-order valence-electron chi connectivity index (χ3n) is 2.87. The molecule has 3 heteroatoms. The lowest BCUT2D eigenvalue weighted by atomic mass is 10.1. The normalized spacial score (nSPS) is 29.9. The molecule has 12 heavy (non-hydrogen) atoms. The molecule has 0 spiro atoms. The van der Waals surface area contributed by atoms with Crippen molar-refractivity contribution in [3.05, 3.63) is 0 Å². The first-order valence-electron chi connectivity index (χ1n) is 4.17. The van der Waals surface area contributed by atoms with Gasteiger partial charge in [0, 0.05) is 6.42 Å². The quantitative estimate of drug-likeness (QED) is 0.729. The number of carbonyl (C=O) groups is 1. The summed E-state index contributed by atoms with van der Waals surface area (Å²) in [4.78, 5) is 10.8. The maximum atomic E-state index is 10.8. The van der Waals surface area contributed by atoms with Crippen LogP contribution in [-0.2, 0) is 4.79 Å². The summed E-state index contributed by atoms with van der Waals surface area (Å²) in [7, 11) is 0. The molecule has 1 rings (SSSR count). The van der Waals surface area contributed by atoms with Crippen LogP contribution in [0.2, 0.25) is 0 Å². The molecule has 1 unspecified atom stereocenters. The van der Waals surface area contributed by atoms with Gasteiger partial charge in [-0.1, -0.05) is 45.7 Å². The van der Waals surface area contributed by atoms with Crippen molar-refractivity contribution in [2.24, 2.45) is 11.3 Å². The Balaban J connectivity index is 2.44. The van der Waals surface area contributed by atoms with Crippen molar-refractivity contribution >= 4 is 37.6 Å². The molecule has 0 N–H and O–H groups in total. The van der Waals surface area contributed by atoms with Crippen LogP contribution in [0.5, 0.6) is 0 Å². The summed E-state index contributed by atoms with van der Waals surface area (Å²) in [6.45, 7) is 6.07. The molecule has 0 bridgehead atoms. The van der Waals surface area contributed by atoms with Crippen LogP contribution in [0.25, 0.3) is 0 Å². The molecular formula is C9H14Br2O. The van der Waals surface area contributed by atoms with E-state index in [4.69, 9.17) is 0 Å². The van der Waals surface area contributed by atoms with Gasteiger partial charge in [0.15, 0.2) is 0 Å². The Kier molecular flexibility index (Phi) is 2.76. The Morgan fingerprint density at radius 1 is 1.42 bits per heavy atom. The number of ketones is 1. The van der Waals surface area contributed by atoms with E-state index in [1.54, 1.807) is 6.92 Å². The van der Waals surface area contributed by atoms with Gasteiger partial charge in [-0.25, -0.2) is 0 Å². The highest BCUT2D eigenvalue weighted by atomic mass is 79.9. The number of halogens is 2. The Bertz CT molecular complexity index is 195. The predicted molar refractivity (Wildman–Crippen MR) is 57.8 cm³/mol. The van der Waals surface area contributed by atoms with Gasteiger partial charge >= 0.3 is 0 Å². The van der Waals surface area contributed by atoms with Crippen LogP contribution in [0.3, 0.4) is 0 Å². The second kappa shape index (κ2) is 3.09. The van der Waals surface area contributed by atoms with Crippen molar-refractivity contribution in [2.45, 2.75) is 36.8 Å². The van der Waals surface area contributed by atoms with Gasteiger partial charge in [-0.05, 0) is 24.7 Å². The second-order valence-corrected chi connectivity index (χ2v) is 7.70. The van der Waals surface area contributed by atoms with Gasteiger partial charge in [0.2, 0.25) is 0 Å². The van der Waals surface area contributed by atoms with Crippen LogP contribution in [0, 0.1) is 11.3 Å². The van der Waals surface area contributed by atoms with Crippen molar-refractivity contribution in [3.8, 4) is 0 Å². The van der Waals surface area contributed by atoms with Crippen LogP contribution in [0.15, 0.2) is 0 Å². The van der Waals surface area contributed by atoms with Gasteiger partial charge in [-0.15, -0.1) is 0 Å². The van der Waals surface area contributed by atoms with Crippen molar-refractivity contribution < 1.29 is 4.79 Å². The van der Waals surface area contributed by atoms with E-state index >= 15 is 0 Å². The van der Waals surface area contributed by atoms with Crippen molar-refractivity contribution in [1.29, 1.82) is 0 Å². The molecule has 0 heterocycles. The third kappa shape index (κ3) is 1.63. The summed E-state index contributed by atoms with van der Waals surface area (Å²) in [6.07, 6.45) is 1.69. The molecule has 1 aliphatic rings. The fraction of sp³-hybridized carbons (Fsp3) is 0.889. The first-order valence-corrected chi connectivity index (χ1v) is 5.76. The first-order chi connectivity index (χ1) is 5.30. The van der Waals surface area contributed by atoms with Gasteiger partial charge < -0.3 is 4.79 Å². The van der Waals surface area contributed by atoms with Gasteiger partial charge in [0.1, 0.15) is 5.78 Å². The van der Waals surface area contributed by atoms with Crippen LogP contribution < -0.4 is 0 Å². The lowest BCUT2D eigenvalue weighted by molar-refractivity contribution is -0.117. The first kappa shape index (κ1) is 10.7. The number of carbonyl (C=O) groups excluding carboxylic acids is 1. The maximum absolute atomic E-state index is 10.8. The number of alkyl halides is 2. The topological polar surface area (TPSA) is 17.1 Å². The van der Waals surface area contributed by atoms with Crippen molar-refractivity contribution in [2.75, 3.05) is 0 Å². The maximum Gasteiger partial charge on any atom is 0.129 e. The van der Waals surface area contributed by atoms with Gasteiger partial charge in [0.25, 0.3) is 0 Å². The molecule has 1 saturated carbocycles. The van der Waals surface area contributed by atoms with E-state index < -0.39 is 0 Å². The molecule has 0 aromatic carbocycles. The predicted octanol–water partition coefficient (Wildman–Crippen LogP) is 3.50. The van der Waals surface area contributed by atoms with Gasteiger partial charge in [-0.2, -0.15) is 0 Å². The molecule has 1 fully saturated rings. The zero-order valence-corrected chi connectivity index (χ0v) is 10.8. The van der Waals surface area contributed by atoms with Crippen LogP contribution in [0.1, 0.15) is 33.6 Å². The minimum Gasteiger partial charge on any atom is -0.300 e. The Labute approximate surface area is 90.5 Å². The molecule has 0 aromatic heterocycles. The molecular weight excluding hydrogens is 284 g/mol. The summed E-state index contributed by atoms with van der Waals surface area (Å²) in [5.74, 6) is 0.863. The van der Waals surface area contributed by atoms with E-state index in [1.807, 2.05) is 0 Å². The van der Waals surface area contributed by atoms with E-state index in [1.165, 1.54) is 0 Å². The molecule has 0 amide bonds. The van der Waals surface area contributed by atoms with Crippen molar-refractivity contribution in [3.63, 3.8) is 0 Å². The fourth-order valence-corrected chi connectivity index (χ4v) is 3.57. The summed E-state index contributed by atoms with van der Waals surface area (Å²) < 4.78 is 0.0719. The zero-order valence-electron chi connectivity index (χ0n) is 7.66. The third-order valence-corrected chi connectivity index (χ3v) is 6.02. The Morgan fingerprint density at radius 3 is 2.08 bits per heavy atom. The molecule has 1 aliphatic carbocycles. The molecule has 0 aliphatic heterocycles. The number of Topliss-reactive ketones (excluding diaryl/α,β-unsaturated/α-hetero) is 1. The fourth-order valence-electron chi connectivity index (χ4n) is 1.65. The van der Waals surface area contributed by atoms with Gasteiger partial charge in [0.05, 0.1) is 3.23 Å². The average molecular weight is 298 g/mol. The lowest BCUT2D eigenvalue weighted by Gasteiger charge is -2.00. The van der Waals surface area contributed by atoms with Crippen molar-refractivity contribution in [1.82, 2.24) is 0 Å². The van der Waals surface area contributed by atoms with E-state index in [2.05, 4.69) is 45.7 Å². The zero-order chi connectivity index (χ0) is 9.57. The highest BCUT2D eigenvalue weighted by molar-refractivity contribution is 9.25. The Hall–Kier alpha value is 0.630. The highest BCUT2D eigenvalue weighted by Crippen LogP contribution is 2.72. The van der Waals surface area contributed by atoms with E-state index in [0.29, 0.717) is 12.3 Å². The molecule has 1 nitrogen and oxygen atoms in total. The second-order valence-electron chi connectivity index (χ2n) is 4.14. The van der Waals surface area contributed by atoms with Crippen LogP contribution in [0.4, 0.5) is 0 Å². The molecule has 0 aromatic rings. The lowest BCUT2D eigenvalue weighted by Crippen LogP contribution is -1.94. The summed E-state index contributed by atoms with van der Waals surface area (Å²) in [5, 5.41) is 0.